The second kappa shape index (κ2) is 7.80. The number of amides is 1. The molecule has 0 aliphatic rings. The van der Waals surface area contributed by atoms with E-state index in [1.807, 2.05) is 36.4 Å². The van der Waals surface area contributed by atoms with E-state index < -0.39 is 5.91 Å². The van der Waals surface area contributed by atoms with Gasteiger partial charge in [0.05, 0.1) is 12.2 Å². The monoisotopic (exact) mass is 388 g/mol. The summed E-state index contributed by atoms with van der Waals surface area (Å²) in [6.45, 7) is 6.67. The number of aryl methyl sites for hydroxylation is 1. The summed E-state index contributed by atoms with van der Waals surface area (Å²) < 4.78 is 7.33. The van der Waals surface area contributed by atoms with Gasteiger partial charge in [0.25, 0.3) is 5.91 Å². The maximum Gasteiger partial charge on any atom is 0.267 e. The van der Waals surface area contributed by atoms with Gasteiger partial charge in [0.2, 0.25) is 0 Å². The van der Waals surface area contributed by atoms with Gasteiger partial charge >= 0.3 is 0 Å². The number of nitrogens with zero attached hydrogens (tertiary/aromatic N) is 3. The van der Waals surface area contributed by atoms with Crippen LogP contribution >= 0.6 is 0 Å². The summed E-state index contributed by atoms with van der Waals surface area (Å²) in [4.78, 5) is 12.2. The van der Waals surface area contributed by atoms with Crippen LogP contribution in [0.4, 0.5) is 0 Å². The number of rotatable bonds is 5. The molecule has 2 aromatic carbocycles. The Morgan fingerprint density at radius 2 is 1.86 bits per heavy atom. The molecule has 1 amide bonds. The fraction of sp³-hybridized carbons (Fsp3) is 0.261. The van der Waals surface area contributed by atoms with Crippen LogP contribution in [-0.2, 0) is 7.05 Å². The predicted octanol–water partition coefficient (Wildman–Crippen LogP) is 4.15. The van der Waals surface area contributed by atoms with Crippen LogP contribution in [0, 0.1) is 16.7 Å². The molecule has 29 heavy (non-hydrogen) atoms. The lowest BCUT2D eigenvalue weighted by Gasteiger charge is -2.19. The molecule has 6 heteroatoms. The van der Waals surface area contributed by atoms with Crippen molar-refractivity contribution in [2.75, 3.05) is 6.61 Å². The molecule has 3 aromatic rings. The van der Waals surface area contributed by atoms with E-state index in [4.69, 9.17) is 10.5 Å². The van der Waals surface area contributed by atoms with Crippen LogP contribution in [0.15, 0.2) is 48.5 Å². The topological polar surface area (TPSA) is 93.9 Å². The average molecular weight is 388 g/mol. The highest BCUT2D eigenvalue weighted by molar-refractivity contribution is 6.02. The molecule has 2 N–H and O–H groups in total. The Hall–Kier alpha value is -3.59. The van der Waals surface area contributed by atoms with Crippen LogP contribution in [0.1, 0.15) is 36.8 Å². The van der Waals surface area contributed by atoms with Crippen molar-refractivity contribution in [2.24, 2.45) is 18.2 Å². The van der Waals surface area contributed by atoms with Crippen molar-refractivity contribution in [3.63, 3.8) is 0 Å². The summed E-state index contributed by atoms with van der Waals surface area (Å²) in [7, 11) is 1.68. The average Bonchev–Trinajstić information content (AvgIpc) is 3.03. The SMILES string of the molecule is Cn1nc(-c2ccccc2)c(-c2ccc(OCC(C)(C)C)c(C#N)c2)c1C(N)=O. The standard InChI is InChI=1S/C23H24N4O2/c1-23(2,3)14-29-18-11-10-16(12-17(18)13-24)19-20(15-8-6-5-7-9-15)26-27(4)21(19)22(25)28/h5-12H,14H2,1-4H3,(H2,25,28). The van der Waals surface area contributed by atoms with Gasteiger partial charge in [-0.05, 0) is 23.1 Å². The van der Waals surface area contributed by atoms with Crippen molar-refractivity contribution >= 4 is 5.91 Å². The number of ether oxygens (including phenoxy) is 1. The molecule has 0 radical (unpaired) electrons. The molecule has 1 heterocycles. The van der Waals surface area contributed by atoms with Crippen LogP contribution < -0.4 is 10.5 Å². The van der Waals surface area contributed by atoms with Gasteiger partial charge in [0.1, 0.15) is 23.2 Å². The van der Waals surface area contributed by atoms with Gasteiger partial charge < -0.3 is 10.5 Å². The Kier molecular flexibility index (Phi) is 5.42. The van der Waals surface area contributed by atoms with E-state index in [2.05, 4.69) is 31.9 Å². The lowest BCUT2D eigenvalue weighted by Crippen LogP contribution is -2.17. The molecule has 0 bridgehead atoms. The van der Waals surface area contributed by atoms with Gasteiger partial charge in [-0.25, -0.2) is 0 Å². The molecule has 0 atom stereocenters. The molecule has 1 aromatic heterocycles. The minimum Gasteiger partial charge on any atom is -0.492 e. The van der Waals surface area contributed by atoms with Crippen molar-refractivity contribution in [1.29, 1.82) is 5.26 Å². The number of hydrogen-bond acceptors (Lipinski definition) is 4. The zero-order valence-corrected chi connectivity index (χ0v) is 17.1. The van der Waals surface area contributed by atoms with Crippen molar-refractivity contribution in [3.8, 4) is 34.2 Å². The van der Waals surface area contributed by atoms with Gasteiger partial charge in [-0.2, -0.15) is 10.4 Å². The van der Waals surface area contributed by atoms with Crippen molar-refractivity contribution in [2.45, 2.75) is 20.8 Å². The van der Waals surface area contributed by atoms with E-state index in [9.17, 15) is 10.1 Å². The zero-order chi connectivity index (χ0) is 21.2. The second-order valence-corrected chi connectivity index (χ2v) is 8.10. The summed E-state index contributed by atoms with van der Waals surface area (Å²) in [5.74, 6) is -0.0688. The molecule has 0 aliphatic carbocycles. The minimum atomic E-state index is -0.580. The van der Waals surface area contributed by atoms with Gasteiger partial charge in [-0.3, -0.25) is 9.48 Å². The molecule has 0 saturated carbocycles. The van der Waals surface area contributed by atoms with E-state index in [1.54, 1.807) is 19.2 Å². The first kappa shape index (κ1) is 20.2. The number of benzene rings is 2. The Balaban J connectivity index is 2.15. The highest BCUT2D eigenvalue weighted by Crippen LogP contribution is 2.36. The molecule has 0 spiro atoms. The fourth-order valence-corrected chi connectivity index (χ4v) is 3.07. The molecule has 3 rings (SSSR count). The maximum absolute atomic E-state index is 12.2. The number of aromatic nitrogens is 2. The van der Waals surface area contributed by atoms with E-state index in [-0.39, 0.29) is 11.1 Å². The van der Waals surface area contributed by atoms with Crippen LogP contribution in [0.2, 0.25) is 0 Å². The Morgan fingerprint density at radius 3 is 2.45 bits per heavy atom. The minimum absolute atomic E-state index is 0.0334. The number of nitrogens with two attached hydrogens (primary N) is 1. The molecule has 0 fully saturated rings. The number of primary amides is 1. The predicted molar refractivity (Wildman–Crippen MR) is 112 cm³/mol. The van der Waals surface area contributed by atoms with Crippen molar-refractivity contribution in [1.82, 2.24) is 9.78 Å². The highest BCUT2D eigenvalue weighted by atomic mass is 16.5. The van der Waals surface area contributed by atoms with Crippen LogP contribution in [0.3, 0.4) is 0 Å². The number of carbonyl (C=O) groups excluding carboxylic acids is 1. The highest BCUT2D eigenvalue weighted by Gasteiger charge is 2.23. The number of carbonyl (C=O) groups is 1. The first-order valence-corrected chi connectivity index (χ1v) is 9.31. The van der Waals surface area contributed by atoms with Crippen LogP contribution in [0.5, 0.6) is 5.75 Å². The third kappa shape index (κ3) is 4.30. The summed E-state index contributed by atoms with van der Waals surface area (Å²) in [6, 6.07) is 17.0. The summed E-state index contributed by atoms with van der Waals surface area (Å²) in [5, 5.41) is 14.2. The normalized spacial score (nSPS) is 11.1. The van der Waals surface area contributed by atoms with Crippen LogP contribution in [0.25, 0.3) is 22.4 Å². The third-order valence-corrected chi connectivity index (χ3v) is 4.38. The van der Waals surface area contributed by atoms with Crippen molar-refractivity contribution < 1.29 is 9.53 Å². The zero-order valence-electron chi connectivity index (χ0n) is 17.1. The first-order valence-electron chi connectivity index (χ1n) is 9.31. The Morgan fingerprint density at radius 1 is 1.17 bits per heavy atom. The maximum atomic E-state index is 12.2. The molecule has 0 unspecified atom stereocenters. The first-order chi connectivity index (χ1) is 13.7. The van der Waals surface area contributed by atoms with Gasteiger partial charge in [-0.1, -0.05) is 57.2 Å². The van der Waals surface area contributed by atoms with E-state index in [0.29, 0.717) is 34.7 Å². The summed E-state index contributed by atoms with van der Waals surface area (Å²) in [6.07, 6.45) is 0. The molecule has 6 nitrogen and oxygen atoms in total. The fourth-order valence-electron chi connectivity index (χ4n) is 3.07. The third-order valence-electron chi connectivity index (χ3n) is 4.38. The Labute approximate surface area is 170 Å². The summed E-state index contributed by atoms with van der Waals surface area (Å²) >= 11 is 0. The smallest absolute Gasteiger partial charge is 0.267 e. The molecular weight excluding hydrogens is 364 g/mol. The van der Waals surface area contributed by atoms with Crippen molar-refractivity contribution in [3.05, 3.63) is 59.8 Å². The quantitative estimate of drug-likeness (QED) is 0.710. The lowest BCUT2D eigenvalue weighted by atomic mass is 9.96. The molecule has 148 valence electrons. The van der Waals surface area contributed by atoms with Gasteiger partial charge in [-0.15, -0.1) is 0 Å². The number of nitriles is 1. The largest absolute Gasteiger partial charge is 0.492 e. The van der Waals surface area contributed by atoms with E-state index in [0.717, 1.165) is 5.56 Å². The van der Waals surface area contributed by atoms with Crippen LogP contribution in [-0.4, -0.2) is 22.3 Å². The Bertz CT molecular complexity index is 1090. The number of hydrogen-bond donors (Lipinski definition) is 1. The van der Waals surface area contributed by atoms with Gasteiger partial charge in [0, 0.05) is 18.2 Å². The van der Waals surface area contributed by atoms with E-state index >= 15 is 0 Å². The second-order valence-electron chi connectivity index (χ2n) is 8.10. The molecular formula is C23H24N4O2. The lowest BCUT2D eigenvalue weighted by molar-refractivity contribution is 0.0992. The van der Waals surface area contributed by atoms with E-state index in [1.165, 1.54) is 4.68 Å². The molecule has 0 saturated heterocycles. The summed E-state index contributed by atoms with van der Waals surface area (Å²) in [5.41, 5.74) is 9.08. The molecule has 0 aliphatic heterocycles. The van der Waals surface area contributed by atoms with Gasteiger partial charge in [0.15, 0.2) is 0 Å².